The Hall–Kier alpha value is -0.870. The Morgan fingerprint density at radius 1 is 1.47 bits per heavy atom. The molecule has 0 aliphatic carbocycles. The van der Waals surface area contributed by atoms with Crippen LogP contribution in [-0.2, 0) is 10.8 Å². The Morgan fingerprint density at radius 2 is 2.13 bits per heavy atom. The average molecular weight is 227 g/mol. The minimum atomic E-state index is -1.08. The lowest BCUT2D eigenvalue weighted by molar-refractivity contribution is 0.404. The smallest absolute Gasteiger partial charge is 0.134 e. The normalized spacial score (nSPS) is 14.6. The predicted octanol–water partition coefficient (Wildman–Crippen LogP) is 1.54. The molecule has 2 atom stereocenters. The van der Waals surface area contributed by atoms with Gasteiger partial charge in [0.05, 0.1) is 28.1 Å². The lowest BCUT2D eigenvalue weighted by Gasteiger charge is -2.14. The molecular weight excluding hydrogens is 210 g/mol. The molecule has 0 aromatic heterocycles. The van der Waals surface area contributed by atoms with Crippen LogP contribution in [0.5, 0.6) is 5.75 Å². The van der Waals surface area contributed by atoms with E-state index in [2.05, 4.69) is 0 Å². The third-order valence-electron chi connectivity index (χ3n) is 2.31. The fourth-order valence-corrected chi connectivity index (χ4v) is 2.77. The Morgan fingerprint density at radius 3 is 2.67 bits per heavy atom. The molecule has 0 spiro atoms. The van der Waals surface area contributed by atoms with Crippen LogP contribution in [0.3, 0.4) is 0 Å². The van der Waals surface area contributed by atoms with E-state index >= 15 is 0 Å². The van der Waals surface area contributed by atoms with Crippen LogP contribution in [0.4, 0.5) is 0 Å². The zero-order valence-electron chi connectivity index (χ0n) is 9.10. The van der Waals surface area contributed by atoms with Gasteiger partial charge in [-0.25, -0.2) is 0 Å². The molecule has 0 saturated carbocycles. The number of methoxy groups -OCH3 is 1. The molecule has 0 fully saturated rings. The van der Waals surface area contributed by atoms with Gasteiger partial charge in [-0.2, -0.15) is 0 Å². The van der Waals surface area contributed by atoms with E-state index in [0.29, 0.717) is 12.3 Å². The molecule has 84 valence electrons. The number of rotatable bonds is 5. The number of para-hydroxylation sites is 1. The number of nitrogens with two attached hydrogens (primary N) is 1. The van der Waals surface area contributed by atoms with Gasteiger partial charge in [0.1, 0.15) is 5.75 Å². The van der Waals surface area contributed by atoms with E-state index in [9.17, 15) is 4.21 Å². The highest BCUT2D eigenvalue weighted by Crippen LogP contribution is 2.24. The lowest BCUT2D eigenvalue weighted by Crippen LogP contribution is -2.24. The van der Waals surface area contributed by atoms with Gasteiger partial charge >= 0.3 is 0 Å². The summed E-state index contributed by atoms with van der Waals surface area (Å²) in [7, 11) is 0.500. The summed E-state index contributed by atoms with van der Waals surface area (Å²) in [6.07, 6.45) is 0.807. The van der Waals surface area contributed by atoms with Crippen molar-refractivity contribution in [1.29, 1.82) is 0 Å². The molecule has 2 N–H and O–H groups in total. The molecule has 1 aromatic rings. The van der Waals surface area contributed by atoms with Crippen LogP contribution in [0.15, 0.2) is 29.2 Å². The maximum absolute atomic E-state index is 12.1. The van der Waals surface area contributed by atoms with Gasteiger partial charge in [0, 0.05) is 6.54 Å². The molecule has 4 heteroatoms. The molecule has 1 aromatic carbocycles. The van der Waals surface area contributed by atoms with Gasteiger partial charge < -0.3 is 10.5 Å². The van der Waals surface area contributed by atoms with Crippen molar-refractivity contribution in [3.63, 3.8) is 0 Å². The number of hydrogen-bond donors (Lipinski definition) is 1. The first-order chi connectivity index (χ1) is 7.24. The van der Waals surface area contributed by atoms with Crippen LogP contribution in [0.2, 0.25) is 0 Å². The van der Waals surface area contributed by atoms with Crippen molar-refractivity contribution in [3.8, 4) is 5.75 Å². The van der Waals surface area contributed by atoms with Gasteiger partial charge in [0.25, 0.3) is 0 Å². The summed E-state index contributed by atoms with van der Waals surface area (Å²) < 4.78 is 17.3. The van der Waals surface area contributed by atoms with Crippen molar-refractivity contribution in [1.82, 2.24) is 0 Å². The Balaban J connectivity index is 2.99. The molecule has 0 amide bonds. The first kappa shape index (κ1) is 12.2. The molecule has 1 rings (SSSR count). The fourth-order valence-electron chi connectivity index (χ4n) is 1.37. The molecular formula is C11H17NO2S. The summed E-state index contributed by atoms with van der Waals surface area (Å²) in [4.78, 5) is 0.734. The second kappa shape index (κ2) is 5.88. The highest BCUT2D eigenvalue weighted by atomic mass is 32.2. The fraction of sp³-hybridized carbons (Fsp3) is 0.455. The van der Waals surface area contributed by atoms with Crippen molar-refractivity contribution in [2.45, 2.75) is 23.5 Å². The molecule has 3 nitrogen and oxygen atoms in total. The zero-order chi connectivity index (χ0) is 11.3. The third kappa shape index (κ3) is 2.79. The monoisotopic (exact) mass is 227 g/mol. The van der Waals surface area contributed by atoms with Gasteiger partial charge in [-0.05, 0) is 18.6 Å². The Bertz CT molecular complexity index is 337. The van der Waals surface area contributed by atoms with Gasteiger partial charge in [-0.1, -0.05) is 19.1 Å². The third-order valence-corrected chi connectivity index (χ3v) is 4.21. The quantitative estimate of drug-likeness (QED) is 0.830. The van der Waals surface area contributed by atoms with E-state index in [1.165, 1.54) is 0 Å². The second-order valence-electron chi connectivity index (χ2n) is 3.21. The first-order valence-electron chi connectivity index (χ1n) is 4.98. The molecule has 2 unspecified atom stereocenters. The zero-order valence-corrected chi connectivity index (χ0v) is 9.92. The van der Waals surface area contributed by atoms with Crippen LogP contribution in [0, 0.1) is 0 Å². The topological polar surface area (TPSA) is 52.3 Å². The van der Waals surface area contributed by atoms with E-state index < -0.39 is 10.8 Å². The molecule has 0 radical (unpaired) electrons. The van der Waals surface area contributed by atoms with Crippen LogP contribution in [0.25, 0.3) is 0 Å². The van der Waals surface area contributed by atoms with Gasteiger partial charge in [0.2, 0.25) is 0 Å². The number of hydrogen-bond acceptors (Lipinski definition) is 3. The second-order valence-corrected chi connectivity index (χ2v) is 4.92. The minimum absolute atomic E-state index is 0.00120. The van der Waals surface area contributed by atoms with Gasteiger partial charge in [-0.15, -0.1) is 0 Å². The van der Waals surface area contributed by atoms with Crippen molar-refractivity contribution in [3.05, 3.63) is 24.3 Å². The summed E-state index contributed by atoms with van der Waals surface area (Å²) in [5, 5.41) is 0.00120. The predicted molar refractivity (Wildman–Crippen MR) is 62.5 cm³/mol. The first-order valence-corrected chi connectivity index (χ1v) is 6.19. The average Bonchev–Trinajstić information content (AvgIpc) is 2.30. The van der Waals surface area contributed by atoms with E-state index in [1.807, 2.05) is 31.2 Å². The molecule has 0 heterocycles. The van der Waals surface area contributed by atoms with E-state index in [0.717, 1.165) is 11.3 Å². The SMILES string of the molecule is CCC(CN)S(=O)c1ccccc1OC. The van der Waals surface area contributed by atoms with E-state index in [-0.39, 0.29) is 5.25 Å². The summed E-state index contributed by atoms with van der Waals surface area (Å²) in [5.74, 6) is 0.669. The lowest BCUT2D eigenvalue weighted by atomic mass is 10.3. The maximum atomic E-state index is 12.1. The summed E-state index contributed by atoms with van der Waals surface area (Å²) in [6.45, 7) is 2.42. The van der Waals surface area contributed by atoms with Gasteiger partial charge in [-0.3, -0.25) is 4.21 Å². The summed E-state index contributed by atoms with van der Waals surface area (Å²) in [6, 6.07) is 7.37. The van der Waals surface area contributed by atoms with Crippen LogP contribution >= 0.6 is 0 Å². The van der Waals surface area contributed by atoms with Crippen molar-refractivity contribution in [2.24, 2.45) is 5.73 Å². The Kier molecular flexibility index (Phi) is 4.78. The number of ether oxygens (including phenoxy) is 1. The Labute approximate surface area is 93.1 Å². The number of benzene rings is 1. The minimum Gasteiger partial charge on any atom is -0.495 e. The van der Waals surface area contributed by atoms with Crippen LogP contribution in [0.1, 0.15) is 13.3 Å². The standard InChI is InChI=1S/C11H17NO2S/c1-3-9(8-12)15(13)11-7-5-4-6-10(11)14-2/h4-7,9H,3,8,12H2,1-2H3. The molecule has 0 bridgehead atoms. The molecule has 15 heavy (non-hydrogen) atoms. The van der Waals surface area contributed by atoms with Crippen LogP contribution < -0.4 is 10.5 Å². The molecule has 0 aliphatic heterocycles. The van der Waals surface area contributed by atoms with Crippen molar-refractivity contribution in [2.75, 3.05) is 13.7 Å². The van der Waals surface area contributed by atoms with Crippen molar-refractivity contribution >= 4 is 10.8 Å². The molecule has 0 aliphatic rings. The largest absolute Gasteiger partial charge is 0.495 e. The van der Waals surface area contributed by atoms with E-state index in [4.69, 9.17) is 10.5 Å². The van der Waals surface area contributed by atoms with E-state index in [1.54, 1.807) is 7.11 Å². The maximum Gasteiger partial charge on any atom is 0.134 e. The summed E-state index contributed by atoms with van der Waals surface area (Å²) in [5.41, 5.74) is 5.58. The summed E-state index contributed by atoms with van der Waals surface area (Å²) >= 11 is 0. The highest BCUT2D eigenvalue weighted by molar-refractivity contribution is 7.85. The van der Waals surface area contributed by atoms with Gasteiger partial charge in [0.15, 0.2) is 0 Å². The van der Waals surface area contributed by atoms with Crippen LogP contribution in [-0.4, -0.2) is 23.1 Å². The van der Waals surface area contributed by atoms with Crippen molar-refractivity contribution < 1.29 is 8.95 Å². The molecule has 0 saturated heterocycles. The highest BCUT2D eigenvalue weighted by Gasteiger charge is 2.17.